The topological polar surface area (TPSA) is 53.0 Å². The number of benzene rings is 3. The molecule has 0 saturated carbocycles. The third kappa shape index (κ3) is 5.55. The van der Waals surface area contributed by atoms with E-state index >= 15 is 0 Å². The van der Waals surface area contributed by atoms with Crippen LogP contribution in [0.5, 0.6) is 5.75 Å². The van der Waals surface area contributed by atoms with Crippen LogP contribution in [0.3, 0.4) is 0 Å². The first-order chi connectivity index (χ1) is 16.0. The van der Waals surface area contributed by atoms with Crippen LogP contribution in [-0.2, 0) is 11.4 Å². The van der Waals surface area contributed by atoms with Crippen LogP contribution in [0.25, 0.3) is 0 Å². The molecule has 1 aliphatic heterocycles. The molecule has 172 valence electrons. The van der Waals surface area contributed by atoms with Crippen LogP contribution in [0.15, 0.2) is 78.9 Å². The molecular weight excluding hydrogens is 412 g/mol. The van der Waals surface area contributed by atoms with Gasteiger partial charge >= 0.3 is 5.97 Å². The van der Waals surface area contributed by atoms with Gasteiger partial charge in [0.25, 0.3) is 0 Å². The van der Waals surface area contributed by atoms with Gasteiger partial charge in [-0.3, -0.25) is 9.69 Å². The third-order valence-corrected chi connectivity index (χ3v) is 6.33. The van der Waals surface area contributed by atoms with Gasteiger partial charge in [0.1, 0.15) is 18.4 Å². The molecule has 0 spiro atoms. The molecule has 0 amide bonds. The molecule has 1 N–H and O–H groups in total. The van der Waals surface area contributed by atoms with Gasteiger partial charge in [0.05, 0.1) is 6.04 Å². The van der Waals surface area contributed by atoms with Crippen molar-refractivity contribution in [2.24, 2.45) is 0 Å². The maximum atomic E-state index is 12.1. The highest BCUT2D eigenvalue weighted by molar-refractivity contribution is 5.73. The number of hydrogen-bond donors (Lipinski definition) is 1. The standard InChI is InChI=1S/C28H32N2O3/c1-29(2)24-15-11-22(12-16-24)27(30-19-7-6-10-26(30)28(31)32)23-13-17-25(18-14-23)33-20-21-8-4-3-5-9-21/h3-5,8-9,11-18,26-27H,6-7,10,19-20H2,1-2H3,(H,31,32). The maximum absolute atomic E-state index is 12.1. The SMILES string of the molecule is CN(C)c1ccc(C(c2ccc(OCc3ccccc3)cc2)N2CCCCC2C(=O)O)cc1. The number of piperidine rings is 1. The van der Waals surface area contributed by atoms with E-state index in [2.05, 4.69) is 46.2 Å². The number of carboxylic acids is 1. The predicted molar refractivity (Wildman–Crippen MR) is 132 cm³/mol. The Labute approximate surface area is 196 Å². The Balaban J connectivity index is 1.61. The molecule has 3 aromatic carbocycles. The Morgan fingerprint density at radius 3 is 2.21 bits per heavy atom. The van der Waals surface area contributed by atoms with E-state index in [1.807, 2.05) is 56.6 Å². The quantitative estimate of drug-likeness (QED) is 0.507. The molecule has 1 saturated heterocycles. The van der Waals surface area contributed by atoms with Gasteiger partial charge in [-0.25, -0.2) is 0 Å². The van der Waals surface area contributed by atoms with Crippen molar-refractivity contribution in [3.05, 3.63) is 95.6 Å². The molecular formula is C28H32N2O3. The fraction of sp³-hybridized carbons (Fsp3) is 0.321. The predicted octanol–water partition coefficient (Wildman–Crippen LogP) is 5.36. The molecule has 3 aromatic rings. The van der Waals surface area contributed by atoms with Gasteiger partial charge in [-0.05, 0) is 60.3 Å². The number of aliphatic carboxylic acids is 1. The van der Waals surface area contributed by atoms with Crippen LogP contribution in [0.1, 0.15) is 42.0 Å². The van der Waals surface area contributed by atoms with Crippen molar-refractivity contribution >= 4 is 11.7 Å². The molecule has 2 atom stereocenters. The number of anilines is 1. The Kier molecular flexibility index (Phi) is 7.30. The lowest BCUT2D eigenvalue weighted by atomic mass is 9.91. The normalized spacial score (nSPS) is 17.3. The lowest BCUT2D eigenvalue weighted by Crippen LogP contribution is -2.46. The van der Waals surface area contributed by atoms with E-state index in [1.54, 1.807) is 0 Å². The van der Waals surface area contributed by atoms with E-state index in [1.165, 1.54) is 0 Å². The van der Waals surface area contributed by atoms with E-state index in [0.29, 0.717) is 13.0 Å². The molecule has 1 fully saturated rings. The summed E-state index contributed by atoms with van der Waals surface area (Å²) < 4.78 is 5.97. The van der Waals surface area contributed by atoms with E-state index in [-0.39, 0.29) is 6.04 Å². The number of carboxylic acid groups (broad SMARTS) is 1. The lowest BCUT2D eigenvalue weighted by molar-refractivity contribution is -0.145. The summed E-state index contributed by atoms with van der Waals surface area (Å²) in [5, 5.41) is 9.92. The molecule has 2 unspecified atom stereocenters. The van der Waals surface area contributed by atoms with E-state index < -0.39 is 12.0 Å². The van der Waals surface area contributed by atoms with Crippen LogP contribution in [0.4, 0.5) is 5.69 Å². The van der Waals surface area contributed by atoms with Crippen LogP contribution in [0.2, 0.25) is 0 Å². The monoisotopic (exact) mass is 444 g/mol. The third-order valence-electron chi connectivity index (χ3n) is 6.33. The minimum absolute atomic E-state index is 0.120. The average Bonchev–Trinajstić information content (AvgIpc) is 2.85. The highest BCUT2D eigenvalue weighted by atomic mass is 16.5. The summed E-state index contributed by atoms with van der Waals surface area (Å²) in [5.74, 6) is 0.0603. The van der Waals surface area contributed by atoms with Crippen molar-refractivity contribution in [1.82, 2.24) is 4.90 Å². The number of hydrogen-bond acceptors (Lipinski definition) is 4. The summed E-state index contributed by atoms with van der Waals surface area (Å²) in [6.45, 7) is 1.28. The minimum atomic E-state index is -0.743. The van der Waals surface area contributed by atoms with Gasteiger partial charge in [0.15, 0.2) is 0 Å². The first-order valence-electron chi connectivity index (χ1n) is 11.6. The molecule has 4 rings (SSSR count). The molecule has 0 aliphatic carbocycles. The molecule has 1 heterocycles. The molecule has 0 radical (unpaired) electrons. The number of ether oxygens (including phenoxy) is 1. The largest absolute Gasteiger partial charge is 0.489 e. The summed E-state index contributed by atoms with van der Waals surface area (Å²) in [7, 11) is 4.04. The highest BCUT2D eigenvalue weighted by Crippen LogP contribution is 2.35. The van der Waals surface area contributed by atoms with Crippen LogP contribution < -0.4 is 9.64 Å². The van der Waals surface area contributed by atoms with Crippen molar-refractivity contribution in [2.75, 3.05) is 25.5 Å². The number of nitrogens with zero attached hydrogens (tertiary/aromatic N) is 2. The Morgan fingerprint density at radius 2 is 1.61 bits per heavy atom. The van der Waals surface area contributed by atoms with Crippen LogP contribution in [0, 0.1) is 0 Å². The van der Waals surface area contributed by atoms with Crippen molar-refractivity contribution in [2.45, 2.75) is 38.0 Å². The zero-order valence-electron chi connectivity index (χ0n) is 19.4. The van der Waals surface area contributed by atoms with Crippen LogP contribution in [-0.4, -0.2) is 42.7 Å². The molecule has 1 aliphatic rings. The first-order valence-corrected chi connectivity index (χ1v) is 11.6. The Morgan fingerprint density at radius 1 is 0.970 bits per heavy atom. The lowest BCUT2D eigenvalue weighted by Gasteiger charge is -2.39. The summed E-state index contributed by atoms with van der Waals surface area (Å²) in [4.78, 5) is 16.3. The van der Waals surface area contributed by atoms with Gasteiger partial charge in [-0.2, -0.15) is 0 Å². The van der Waals surface area contributed by atoms with Gasteiger partial charge in [-0.15, -0.1) is 0 Å². The van der Waals surface area contributed by atoms with Crippen LogP contribution >= 0.6 is 0 Å². The molecule has 0 bridgehead atoms. The second-order valence-corrected chi connectivity index (χ2v) is 8.82. The van der Waals surface area contributed by atoms with Crippen molar-refractivity contribution in [3.63, 3.8) is 0 Å². The molecule has 33 heavy (non-hydrogen) atoms. The highest BCUT2D eigenvalue weighted by Gasteiger charge is 2.35. The molecule has 5 nitrogen and oxygen atoms in total. The van der Waals surface area contributed by atoms with E-state index in [0.717, 1.165) is 47.5 Å². The fourth-order valence-corrected chi connectivity index (χ4v) is 4.55. The number of rotatable bonds is 8. The van der Waals surface area contributed by atoms with Gasteiger partial charge in [0.2, 0.25) is 0 Å². The van der Waals surface area contributed by atoms with Gasteiger partial charge < -0.3 is 14.7 Å². The second-order valence-electron chi connectivity index (χ2n) is 8.82. The fourth-order valence-electron chi connectivity index (χ4n) is 4.55. The number of likely N-dealkylation sites (tertiary alicyclic amines) is 1. The van der Waals surface area contributed by atoms with E-state index in [4.69, 9.17) is 4.74 Å². The number of carbonyl (C=O) groups is 1. The van der Waals surface area contributed by atoms with Gasteiger partial charge in [0, 0.05) is 19.8 Å². The maximum Gasteiger partial charge on any atom is 0.320 e. The summed E-state index contributed by atoms with van der Waals surface area (Å²) in [5.41, 5.74) is 4.42. The Bertz CT molecular complexity index is 1030. The average molecular weight is 445 g/mol. The minimum Gasteiger partial charge on any atom is -0.489 e. The second kappa shape index (κ2) is 10.5. The summed E-state index contributed by atoms with van der Waals surface area (Å²) in [6, 6.07) is 26.0. The zero-order valence-corrected chi connectivity index (χ0v) is 19.4. The Hall–Kier alpha value is -3.31. The van der Waals surface area contributed by atoms with Crippen molar-refractivity contribution in [3.8, 4) is 5.75 Å². The molecule has 5 heteroatoms. The van der Waals surface area contributed by atoms with E-state index in [9.17, 15) is 9.90 Å². The van der Waals surface area contributed by atoms with Crippen molar-refractivity contribution in [1.29, 1.82) is 0 Å². The summed E-state index contributed by atoms with van der Waals surface area (Å²) >= 11 is 0. The smallest absolute Gasteiger partial charge is 0.320 e. The van der Waals surface area contributed by atoms with Crippen molar-refractivity contribution < 1.29 is 14.6 Å². The first kappa shape index (κ1) is 22.9. The summed E-state index contributed by atoms with van der Waals surface area (Å²) in [6.07, 6.45) is 2.64. The zero-order chi connectivity index (χ0) is 23.2. The van der Waals surface area contributed by atoms with Gasteiger partial charge in [-0.1, -0.05) is 61.0 Å². The molecule has 0 aromatic heterocycles.